The van der Waals surface area contributed by atoms with E-state index in [-0.39, 0.29) is 11.4 Å². The molecule has 2 heteroatoms. The molecule has 1 saturated carbocycles. The molecule has 1 N–H and O–H groups in total. The zero-order chi connectivity index (χ0) is 9.61. The standard InChI is InChI=1S/C8H15NO.C2H6/c1-3-4-7(10)9-8(2)5-6-8;1-2/h3-6H2,1-2H3,(H,9,10);1-2H3. The fourth-order valence-corrected chi connectivity index (χ4v) is 0.939. The van der Waals surface area contributed by atoms with Gasteiger partial charge in [0.25, 0.3) is 0 Å². The van der Waals surface area contributed by atoms with Crippen LogP contribution >= 0.6 is 0 Å². The van der Waals surface area contributed by atoms with E-state index in [0.717, 1.165) is 19.3 Å². The molecule has 1 amide bonds. The number of nitrogens with one attached hydrogen (secondary N) is 1. The first-order chi connectivity index (χ1) is 5.66. The summed E-state index contributed by atoms with van der Waals surface area (Å²) in [7, 11) is 0. The lowest BCUT2D eigenvalue weighted by Crippen LogP contribution is -2.33. The van der Waals surface area contributed by atoms with Gasteiger partial charge in [0.15, 0.2) is 0 Å². The first-order valence-electron chi connectivity index (χ1n) is 4.97. The average molecular weight is 171 g/mol. The van der Waals surface area contributed by atoms with Gasteiger partial charge >= 0.3 is 0 Å². The maximum atomic E-state index is 11.0. The third-order valence-electron chi connectivity index (χ3n) is 1.92. The van der Waals surface area contributed by atoms with Crippen LogP contribution in [0.25, 0.3) is 0 Å². The predicted molar refractivity (Wildman–Crippen MR) is 52.0 cm³/mol. The molecular formula is C10H21NO. The number of hydrogen-bond acceptors (Lipinski definition) is 1. The molecular weight excluding hydrogens is 150 g/mol. The monoisotopic (exact) mass is 171 g/mol. The van der Waals surface area contributed by atoms with Crippen LogP contribution in [0.3, 0.4) is 0 Å². The number of carbonyl (C=O) groups excluding carboxylic acids is 1. The van der Waals surface area contributed by atoms with Crippen LogP contribution in [0.4, 0.5) is 0 Å². The Morgan fingerprint density at radius 3 is 2.25 bits per heavy atom. The van der Waals surface area contributed by atoms with E-state index in [4.69, 9.17) is 0 Å². The molecule has 0 aromatic carbocycles. The number of rotatable bonds is 3. The lowest BCUT2D eigenvalue weighted by molar-refractivity contribution is -0.121. The molecule has 1 aliphatic carbocycles. The highest BCUT2D eigenvalue weighted by atomic mass is 16.1. The second-order valence-electron chi connectivity index (χ2n) is 3.36. The highest BCUT2D eigenvalue weighted by Gasteiger charge is 2.38. The lowest BCUT2D eigenvalue weighted by atomic mass is 10.2. The summed E-state index contributed by atoms with van der Waals surface area (Å²) >= 11 is 0. The summed E-state index contributed by atoms with van der Waals surface area (Å²) in [6.07, 6.45) is 3.93. The summed E-state index contributed by atoms with van der Waals surface area (Å²) < 4.78 is 0. The van der Waals surface area contributed by atoms with Crippen molar-refractivity contribution in [2.45, 2.75) is 58.9 Å². The van der Waals surface area contributed by atoms with Gasteiger partial charge in [-0.1, -0.05) is 20.8 Å². The van der Waals surface area contributed by atoms with Gasteiger partial charge in [-0.15, -0.1) is 0 Å². The van der Waals surface area contributed by atoms with Gasteiger partial charge < -0.3 is 5.32 Å². The smallest absolute Gasteiger partial charge is 0.220 e. The third kappa shape index (κ3) is 4.37. The minimum absolute atomic E-state index is 0.173. The van der Waals surface area contributed by atoms with Gasteiger partial charge in [-0.3, -0.25) is 4.79 Å². The van der Waals surface area contributed by atoms with Crippen molar-refractivity contribution in [3.8, 4) is 0 Å². The van der Waals surface area contributed by atoms with Crippen molar-refractivity contribution in [3.05, 3.63) is 0 Å². The van der Waals surface area contributed by atoms with Crippen LogP contribution in [0.5, 0.6) is 0 Å². The van der Waals surface area contributed by atoms with E-state index in [1.165, 1.54) is 0 Å². The van der Waals surface area contributed by atoms with Gasteiger partial charge in [-0.25, -0.2) is 0 Å². The summed E-state index contributed by atoms with van der Waals surface area (Å²) in [5.41, 5.74) is 0.173. The summed E-state index contributed by atoms with van der Waals surface area (Å²) in [4.78, 5) is 11.0. The van der Waals surface area contributed by atoms with Crippen LogP contribution in [-0.2, 0) is 4.79 Å². The maximum absolute atomic E-state index is 11.0. The molecule has 1 fully saturated rings. The molecule has 12 heavy (non-hydrogen) atoms. The van der Waals surface area contributed by atoms with Crippen LogP contribution in [0, 0.1) is 0 Å². The maximum Gasteiger partial charge on any atom is 0.220 e. The fraction of sp³-hybridized carbons (Fsp3) is 0.900. The molecule has 2 nitrogen and oxygen atoms in total. The molecule has 1 rings (SSSR count). The van der Waals surface area contributed by atoms with E-state index < -0.39 is 0 Å². The lowest BCUT2D eigenvalue weighted by Gasteiger charge is -2.09. The third-order valence-corrected chi connectivity index (χ3v) is 1.92. The number of amides is 1. The molecule has 0 unspecified atom stereocenters. The molecule has 0 radical (unpaired) electrons. The van der Waals surface area contributed by atoms with E-state index in [1.54, 1.807) is 0 Å². The van der Waals surface area contributed by atoms with Crippen molar-refractivity contribution in [3.63, 3.8) is 0 Å². The summed E-state index contributed by atoms with van der Waals surface area (Å²) in [6.45, 7) is 8.12. The molecule has 0 aliphatic heterocycles. The van der Waals surface area contributed by atoms with Crippen LogP contribution in [0.2, 0.25) is 0 Å². The Morgan fingerprint density at radius 2 is 1.92 bits per heavy atom. The Morgan fingerprint density at radius 1 is 1.42 bits per heavy atom. The minimum atomic E-state index is 0.173. The van der Waals surface area contributed by atoms with Gasteiger partial charge in [-0.05, 0) is 26.2 Å². The van der Waals surface area contributed by atoms with E-state index in [9.17, 15) is 4.79 Å². The minimum Gasteiger partial charge on any atom is -0.351 e. The first-order valence-corrected chi connectivity index (χ1v) is 4.97. The topological polar surface area (TPSA) is 29.1 Å². The zero-order valence-corrected chi connectivity index (χ0v) is 8.74. The van der Waals surface area contributed by atoms with Gasteiger partial charge in [0.2, 0.25) is 5.91 Å². The van der Waals surface area contributed by atoms with Crippen molar-refractivity contribution in [2.75, 3.05) is 0 Å². The molecule has 0 heterocycles. The van der Waals surface area contributed by atoms with Gasteiger partial charge in [0.1, 0.15) is 0 Å². The van der Waals surface area contributed by atoms with E-state index in [2.05, 4.69) is 12.2 Å². The largest absolute Gasteiger partial charge is 0.351 e. The second-order valence-corrected chi connectivity index (χ2v) is 3.36. The molecule has 0 aromatic heterocycles. The Bertz CT molecular complexity index is 139. The Labute approximate surface area is 75.7 Å². The Balaban J connectivity index is 0.000000561. The van der Waals surface area contributed by atoms with Crippen molar-refractivity contribution < 1.29 is 4.79 Å². The molecule has 1 aliphatic rings. The molecule has 0 atom stereocenters. The fourth-order valence-electron chi connectivity index (χ4n) is 0.939. The summed E-state index contributed by atoms with van der Waals surface area (Å²) in [6, 6.07) is 0. The van der Waals surface area contributed by atoms with Crippen molar-refractivity contribution in [1.29, 1.82) is 0 Å². The summed E-state index contributed by atoms with van der Waals surface area (Å²) in [5, 5.41) is 2.99. The SMILES string of the molecule is CC.CCCC(=O)NC1(C)CC1. The van der Waals surface area contributed by atoms with Gasteiger partial charge in [0, 0.05) is 12.0 Å². The molecule has 0 saturated heterocycles. The second kappa shape index (κ2) is 5.18. The number of carbonyl (C=O) groups is 1. The Kier molecular flexibility index (Phi) is 4.95. The zero-order valence-electron chi connectivity index (χ0n) is 8.74. The first kappa shape index (κ1) is 11.5. The van der Waals surface area contributed by atoms with Crippen LogP contribution in [0.15, 0.2) is 0 Å². The van der Waals surface area contributed by atoms with Crippen molar-refractivity contribution >= 4 is 5.91 Å². The van der Waals surface area contributed by atoms with Crippen LogP contribution in [-0.4, -0.2) is 11.4 Å². The average Bonchev–Trinajstić information content (AvgIpc) is 2.72. The van der Waals surface area contributed by atoms with E-state index in [0.29, 0.717) is 6.42 Å². The Hall–Kier alpha value is -0.530. The quantitative estimate of drug-likeness (QED) is 0.694. The predicted octanol–water partition coefficient (Wildman–Crippen LogP) is 2.48. The van der Waals surface area contributed by atoms with Crippen LogP contribution in [0.1, 0.15) is 53.4 Å². The van der Waals surface area contributed by atoms with Crippen molar-refractivity contribution in [1.82, 2.24) is 5.32 Å². The number of hydrogen-bond donors (Lipinski definition) is 1. The van der Waals surface area contributed by atoms with E-state index >= 15 is 0 Å². The van der Waals surface area contributed by atoms with Crippen LogP contribution < -0.4 is 5.32 Å². The molecule has 0 aromatic rings. The van der Waals surface area contributed by atoms with Gasteiger partial charge in [-0.2, -0.15) is 0 Å². The molecule has 0 spiro atoms. The summed E-state index contributed by atoms with van der Waals surface area (Å²) in [5.74, 6) is 0.211. The van der Waals surface area contributed by atoms with Crippen molar-refractivity contribution in [2.24, 2.45) is 0 Å². The highest BCUT2D eigenvalue weighted by Crippen LogP contribution is 2.34. The molecule has 72 valence electrons. The molecule has 0 bridgehead atoms. The highest BCUT2D eigenvalue weighted by molar-refractivity contribution is 5.77. The van der Waals surface area contributed by atoms with Gasteiger partial charge in [0.05, 0.1) is 0 Å². The van der Waals surface area contributed by atoms with E-state index in [1.807, 2.05) is 20.8 Å². The normalized spacial score (nSPS) is 17.3.